The SMILES string of the molecule is C=CCOc1ccc(C2C(C(=O)OCC)=C(C)N=c3sc(=Cc4ccc(OC(C)=O)c(Br)c4)c(=O)n32)cc1. The summed E-state index contributed by atoms with van der Waals surface area (Å²) < 4.78 is 18.6. The lowest BCUT2D eigenvalue weighted by Crippen LogP contribution is -2.39. The number of carbonyl (C=O) groups is 2. The summed E-state index contributed by atoms with van der Waals surface area (Å²) in [6.45, 7) is 9.00. The van der Waals surface area contributed by atoms with Gasteiger partial charge >= 0.3 is 11.9 Å². The predicted molar refractivity (Wildman–Crippen MR) is 148 cm³/mol. The van der Waals surface area contributed by atoms with Crippen molar-refractivity contribution in [3.05, 3.63) is 102 Å². The van der Waals surface area contributed by atoms with Gasteiger partial charge < -0.3 is 14.2 Å². The Labute approximate surface area is 231 Å². The van der Waals surface area contributed by atoms with E-state index < -0.39 is 18.0 Å². The fraction of sp³-hybridized carbons (Fsp3) is 0.214. The molecule has 2 aromatic carbocycles. The molecule has 196 valence electrons. The van der Waals surface area contributed by atoms with Gasteiger partial charge in [0.15, 0.2) is 4.80 Å². The molecule has 1 aliphatic rings. The molecular weight excluding hydrogens is 572 g/mol. The van der Waals surface area contributed by atoms with Crippen LogP contribution in [0.15, 0.2) is 80.6 Å². The van der Waals surface area contributed by atoms with Crippen molar-refractivity contribution in [2.75, 3.05) is 13.2 Å². The summed E-state index contributed by atoms with van der Waals surface area (Å²) in [6, 6.07) is 11.6. The highest BCUT2D eigenvalue weighted by Crippen LogP contribution is 2.32. The predicted octanol–water partition coefficient (Wildman–Crippen LogP) is 4.05. The molecule has 0 saturated heterocycles. The Morgan fingerprint density at radius 2 is 1.95 bits per heavy atom. The van der Waals surface area contributed by atoms with Crippen molar-refractivity contribution in [2.24, 2.45) is 4.99 Å². The summed E-state index contributed by atoms with van der Waals surface area (Å²) in [4.78, 5) is 43.1. The smallest absolute Gasteiger partial charge is 0.338 e. The number of rotatable bonds is 8. The summed E-state index contributed by atoms with van der Waals surface area (Å²) in [5, 5.41) is 0. The molecule has 1 atom stereocenters. The Morgan fingerprint density at radius 3 is 2.58 bits per heavy atom. The molecule has 1 unspecified atom stereocenters. The first-order chi connectivity index (χ1) is 18.2. The van der Waals surface area contributed by atoms with Crippen LogP contribution in [0.3, 0.4) is 0 Å². The van der Waals surface area contributed by atoms with E-state index in [0.717, 1.165) is 11.1 Å². The zero-order chi connectivity index (χ0) is 27.4. The van der Waals surface area contributed by atoms with Gasteiger partial charge in [-0.25, -0.2) is 9.79 Å². The van der Waals surface area contributed by atoms with Gasteiger partial charge in [0.2, 0.25) is 0 Å². The largest absolute Gasteiger partial charge is 0.490 e. The number of allylic oxidation sites excluding steroid dienone is 1. The highest BCUT2D eigenvalue weighted by molar-refractivity contribution is 9.10. The number of carbonyl (C=O) groups excluding carboxylic acids is 2. The molecule has 2 heterocycles. The van der Waals surface area contributed by atoms with Gasteiger partial charge in [-0.15, -0.1) is 0 Å². The number of hydrogen-bond acceptors (Lipinski definition) is 8. The van der Waals surface area contributed by atoms with Gasteiger partial charge in [0.1, 0.15) is 18.1 Å². The van der Waals surface area contributed by atoms with Crippen LogP contribution in [0.1, 0.15) is 37.9 Å². The maximum atomic E-state index is 13.7. The average molecular weight is 597 g/mol. The third kappa shape index (κ3) is 5.71. The normalized spacial score (nSPS) is 14.9. The minimum Gasteiger partial charge on any atom is -0.490 e. The van der Waals surface area contributed by atoms with E-state index in [1.54, 1.807) is 56.3 Å². The summed E-state index contributed by atoms with van der Waals surface area (Å²) >= 11 is 4.63. The summed E-state index contributed by atoms with van der Waals surface area (Å²) in [6.07, 6.45) is 3.39. The van der Waals surface area contributed by atoms with Crippen molar-refractivity contribution in [3.8, 4) is 11.5 Å². The van der Waals surface area contributed by atoms with Crippen LogP contribution < -0.4 is 24.4 Å². The van der Waals surface area contributed by atoms with Gasteiger partial charge in [-0.3, -0.25) is 14.2 Å². The molecule has 0 radical (unpaired) electrons. The number of hydrogen-bond donors (Lipinski definition) is 0. The molecule has 0 amide bonds. The minimum atomic E-state index is -0.723. The van der Waals surface area contributed by atoms with Crippen LogP contribution >= 0.6 is 27.3 Å². The second-order valence-corrected chi connectivity index (χ2v) is 10.1. The van der Waals surface area contributed by atoms with Crippen LogP contribution in [0.4, 0.5) is 0 Å². The topological polar surface area (TPSA) is 96.2 Å². The lowest BCUT2D eigenvalue weighted by Gasteiger charge is -2.24. The quantitative estimate of drug-likeness (QED) is 0.221. The van der Waals surface area contributed by atoms with Gasteiger partial charge in [-0.05, 0) is 71.2 Å². The van der Waals surface area contributed by atoms with Gasteiger partial charge in [-0.1, -0.05) is 42.2 Å². The summed E-state index contributed by atoms with van der Waals surface area (Å²) in [7, 11) is 0. The molecule has 38 heavy (non-hydrogen) atoms. The molecule has 3 aromatic rings. The van der Waals surface area contributed by atoms with E-state index in [9.17, 15) is 14.4 Å². The van der Waals surface area contributed by atoms with Crippen LogP contribution in [-0.2, 0) is 14.3 Å². The molecule has 0 aliphatic carbocycles. The molecular formula is C28H25BrN2O6S. The first-order valence-corrected chi connectivity index (χ1v) is 13.4. The highest BCUT2D eigenvalue weighted by Gasteiger charge is 2.33. The molecule has 1 aliphatic heterocycles. The van der Waals surface area contributed by atoms with Crippen LogP contribution in [-0.4, -0.2) is 29.7 Å². The van der Waals surface area contributed by atoms with Crippen LogP contribution in [0.2, 0.25) is 0 Å². The first kappa shape index (κ1) is 27.3. The fourth-order valence-electron chi connectivity index (χ4n) is 4.00. The summed E-state index contributed by atoms with van der Waals surface area (Å²) in [5.41, 5.74) is 1.94. The van der Waals surface area contributed by atoms with Crippen molar-refractivity contribution >= 4 is 45.3 Å². The third-order valence-corrected chi connectivity index (χ3v) is 7.19. The van der Waals surface area contributed by atoms with Gasteiger partial charge in [-0.2, -0.15) is 0 Å². The van der Waals surface area contributed by atoms with Gasteiger partial charge in [0, 0.05) is 6.92 Å². The number of esters is 2. The van der Waals surface area contributed by atoms with E-state index in [1.807, 2.05) is 12.1 Å². The second kappa shape index (κ2) is 11.7. The third-order valence-electron chi connectivity index (χ3n) is 5.59. The Hall–Kier alpha value is -3.76. The van der Waals surface area contributed by atoms with E-state index in [2.05, 4.69) is 27.5 Å². The van der Waals surface area contributed by atoms with Crippen molar-refractivity contribution < 1.29 is 23.8 Å². The highest BCUT2D eigenvalue weighted by atomic mass is 79.9. The van der Waals surface area contributed by atoms with Crippen molar-refractivity contribution in [1.82, 2.24) is 4.57 Å². The van der Waals surface area contributed by atoms with E-state index in [1.165, 1.54) is 22.8 Å². The van der Waals surface area contributed by atoms with Gasteiger partial charge in [0.25, 0.3) is 5.56 Å². The van der Waals surface area contributed by atoms with Crippen molar-refractivity contribution in [2.45, 2.75) is 26.8 Å². The van der Waals surface area contributed by atoms with Crippen molar-refractivity contribution in [1.29, 1.82) is 0 Å². The number of nitrogens with zero attached hydrogens (tertiary/aromatic N) is 2. The number of ether oxygens (including phenoxy) is 3. The molecule has 0 bridgehead atoms. The number of benzene rings is 2. The standard InChI is InChI=1S/C28H25BrN2O6S/c1-5-13-36-20-10-8-19(9-11-20)25-24(27(34)35-6-2)16(3)30-28-31(25)26(33)23(38-28)15-18-7-12-22(21(29)14-18)37-17(4)32/h5,7-12,14-15,25H,1,6,13H2,2-4H3. The molecule has 10 heteroatoms. The Bertz CT molecular complexity index is 1620. The van der Waals surface area contributed by atoms with E-state index in [-0.39, 0.29) is 12.2 Å². The molecule has 1 aromatic heterocycles. The maximum Gasteiger partial charge on any atom is 0.338 e. The number of halogens is 1. The number of thiazole rings is 1. The lowest BCUT2D eigenvalue weighted by molar-refractivity contribution is -0.139. The van der Waals surface area contributed by atoms with Crippen LogP contribution in [0, 0.1) is 0 Å². The Kier molecular flexibility index (Phi) is 8.43. The molecule has 0 N–H and O–H groups in total. The number of aromatic nitrogens is 1. The zero-order valence-corrected chi connectivity index (χ0v) is 23.4. The molecule has 0 saturated carbocycles. The Balaban J connectivity index is 1.84. The fourth-order valence-corrected chi connectivity index (χ4v) is 5.53. The van der Waals surface area contributed by atoms with Crippen LogP contribution in [0.25, 0.3) is 6.08 Å². The number of fused-ring (bicyclic) bond motifs is 1. The molecule has 8 nitrogen and oxygen atoms in total. The Morgan fingerprint density at radius 1 is 1.21 bits per heavy atom. The lowest BCUT2D eigenvalue weighted by atomic mass is 9.96. The zero-order valence-electron chi connectivity index (χ0n) is 21.0. The van der Waals surface area contributed by atoms with E-state index in [4.69, 9.17) is 14.2 Å². The van der Waals surface area contributed by atoms with E-state index in [0.29, 0.717) is 43.2 Å². The second-order valence-electron chi connectivity index (χ2n) is 8.25. The molecule has 0 spiro atoms. The summed E-state index contributed by atoms with van der Waals surface area (Å²) in [5.74, 6) is 0.0680. The molecule has 4 rings (SSSR count). The van der Waals surface area contributed by atoms with Crippen molar-refractivity contribution in [3.63, 3.8) is 0 Å². The van der Waals surface area contributed by atoms with Gasteiger partial charge in [0.05, 0.1) is 32.9 Å². The first-order valence-electron chi connectivity index (χ1n) is 11.7. The maximum absolute atomic E-state index is 13.7. The monoisotopic (exact) mass is 596 g/mol. The molecule has 0 fully saturated rings. The average Bonchev–Trinajstić information content (AvgIpc) is 3.18. The minimum absolute atomic E-state index is 0.194. The van der Waals surface area contributed by atoms with Crippen LogP contribution in [0.5, 0.6) is 11.5 Å². The van der Waals surface area contributed by atoms with E-state index >= 15 is 0 Å².